The third-order valence-corrected chi connectivity index (χ3v) is 3.16. The standard InChI is InChI=1S/C12H16N2O3/c15-7-6-14(9-2-1-3-9)10-4-5-11(12(16)17)13-8-10/h4-5,8-9,15H,1-3,6-7H2,(H,16,17). The lowest BCUT2D eigenvalue weighted by Crippen LogP contribution is -2.42. The fourth-order valence-electron chi connectivity index (χ4n) is 2.01. The molecular formula is C12H16N2O3. The quantitative estimate of drug-likeness (QED) is 0.801. The average molecular weight is 236 g/mol. The van der Waals surface area contributed by atoms with E-state index in [9.17, 15) is 4.79 Å². The minimum absolute atomic E-state index is 0.0475. The summed E-state index contributed by atoms with van der Waals surface area (Å²) < 4.78 is 0. The summed E-state index contributed by atoms with van der Waals surface area (Å²) >= 11 is 0. The highest BCUT2D eigenvalue weighted by atomic mass is 16.4. The molecule has 2 rings (SSSR count). The van der Waals surface area contributed by atoms with Crippen molar-refractivity contribution in [3.8, 4) is 0 Å². The van der Waals surface area contributed by atoms with Gasteiger partial charge in [-0.2, -0.15) is 0 Å². The predicted molar refractivity (Wildman–Crippen MR) is 63.3 cm³/mol. The molecule has 0 aromatic carbocycles. The molecule has 1 aliphatic rings. The van der Waals surface area contributed by atoms with E-state index in [1.807, 2.05) is 0 Å². The van der Waals surface area contributed by atoms with E-state index in [0.717, 1.165) is 18.5 Å². The maximum atomic E-state index is 10.7. The Balaban J connectivity index is 2.14. The van der Waals surface area contributed by atoms with Crippen LogP contribution in [0.25, 0.3) is 0 Å². The Morgan fingerprint density at radius 2 is 2.24 bits per heavy atom. The second-order valence-electron chi connectivity index (χ2n) is 4.21. The molecule has 92 valence electrons. The van der Waals surface area contributed by atoms with E-state index in [1.165, 1.54) is 12.5 Å². The Hall–Kier alpha value is -1.62. The molecule has 17 heavy (non-hydrogen) atoms. The number of aromatic nitrogens is 1. The van der Waals surface area contributed by atoms with Gasteiger partial charge in [0.2, 0.25) is 0 Å². The van der Waals surface area contributed by atoms with Gasteiger partial charge >= 0.3 is 5.97 Å². The van der Waals surface area contributed by atoms with Gasteiger partial charge in [0.25, 0.3) is 0 Å². The fourth-order valence-corrected chi connectivity index (χ4v) is 2.01. The first kappa shape index (κ1) is 11.9. The first-order chi connectivity index (χ1) is 8.22. The van der Waals surface area contributed by atoms with Crippen LogP contribution in [0.4, 0.5) is 5.69 Å². The van der Waals surface area contributed by atoms with Gasteiger partial charge in [0.15, 0.2) is 0 Å². The fraction of sp³-hybridized carbons (Fsp3) is 0.500. The Bertz CT molecular complexity index is 387. The van der Waals surface area contributed by atoms with Crippen LogP contribution in [0.5, 0.6) is 0 Å². The van der Waals surface area contributed by atoms with Crippen molar-refractivity contribution < 1.29 is 15.0 Å². The summed E-state index contributed by atoms with van der Waals surface area (Å²) in [5, 5.41) is 17.8. The van der Waals surface area contributed by atoms with Gasteiger partial charge in [0.05, 0.1) is 18.5 Å². The van der Waals surface area contributed by atoms with Gasteiger partial charge < -0.3 is 15.1 Å². The number of nitrogens with zero attached hydrogens (tertiary/aromatic N) is 2. The molecule has 0 amide bonds. The van der Waals surface area contributed by atoms with Gasteiger partial charge in [-0.1, -0.05) is 0 Å². The zero-order valence-electron chi connectivity index (χ0n) is 9.54. The summed E-state index contributed by atoms with van der Waals surface area (Å²) in [5.74, 6) is -1.02. The lowest BCUT2D eigenvalue weighted by atomic mass is 9.91. The number of aliphatic hydroxyl groups is 1. The van der Waals surface area contributed by atoms with Crippen molar-refractivity contribution in [2.45, 2.75) is 25.3 Å². The van der Waals surface area contributed by atoms with Gasteiger partial charge in [0.1, 0.15) is 5.69 Å². The molecule has 0 atom stereocenters. The number of hydrogen-bond donors (Lipinski definition) is 2. The summed E-state index contributed by atoms with van der Waals surface area (Å²) in [4.78, 5) is 16.7. The summed E-state index contributed by atoms with van der Waals surface area (Å²) in [6, 6.07) is 3.71. The maximum Gasteiger partial charge on any atom is 0.354 e. The van der Waals surface area contributed by atoms with Crippen LogP contribution >= 0.6 is 0 Å². The van der Waals surface area contributed by atoms with Crippen LogP contribution in [0.15, 0.2) is 18.3 Å². The molecule has 1 aliphatic carbocycles. The van der Waals surface area contributed by atoms with Gasteiger partial charge in [-0.15, -0.1) is 0 Å². The highest BCUT2D eigenvalue weighted by molar-refractivity contribution is 5.85. The van der Waals surface area contributed by atoms with Crippen LogP contribution < -0.4 is 4.90 Å². The van der Waals surface area contributed by atoms with Crippen LogP contribution in [0.2, 0.25) is 0 Å². The molecule has 1 fully saturated rings. The van der Waals surface area contributed by atoms with Crippen molar-refractivity contribution in [2.24, 2.45) is 0 Å². The predicted octanol–water partition coefficient (Wildman–Crippen LogP) is 1.13. The summed E-state index contributed by atoms with van der Waals surface area (Å²) in [6.45, 7) is 0.663. The molecule has 1 aromatic rings. The van der Waals surface area contributed by atoms with E-state index in [4.69, 9.17) is 10.2 Å². The van der Waals surface area contributed by atoms with Gasteiger partial charge in [-0.3, -0.25) is 0 Å². The Labute approximate surface area is 99.7 Å². The molecule has 1 saturated carbocycles. The number of carbonyl (C=O) groups is 1. The molecule has 0 unspecified atom stereocenters. The van der Waals surface area contributed by atoms with E-state index >= 15 is 0 Å². The van der Waals surface area contributed by atoms with Crippen molar-refractivity contribution in [2.75, 3.05) is 18.1 Å². The Morgan fingerprint density at radius 3 is 2.65 bits per heavy atom. The number of hydrogen-bond acceptors (Lipinski definition) is 4. The molecule has 1 heterocycles. The molecule has 0 saturated heterocycles. The number of aliphatic hydroxyl groups excluding tert-OH is 1. The van der Waals surface area contributed by atoms with Crippen LogP contribution in [-0.4, -0.2) is 40.4 Å². The summed E-state index contributed by atoms with van der Waals surface area (Å²) in [6.07, 6.45) is 5.03. The Kier molecular flexibility index (Phi) is 3.58. The second kappa shape index (κ2) is 5.14. The molecule has 5 heteroatoms. The van der Waals surface area contributed by atoms with Crippen molar-refractivity contribution in [3.05, 3.63) is 24.0 Å². The lowest BCUT2D eigenvalue weighted by molar-refractivity contribution is 0.0690. The first-order valence-corrected chi connectivity index (χ1v) is 5.79. The summed E-state index contributed by atoms with van der Waals surface area (Å²) in [5.41, 5.74) is 0.931. The molecule has 0 spiro atoms. The largest absolute Gasteiger partial charge is 0.477 e. The molecular weight excluding hydrogens is 220 g/mol. The minimum atomic E-state index is -1.02. The molecule has 0 aliphatic heterocycles. The van der Waals surface area contributed by atoms with Crippen molar-refractivity contribution in [3.63, 3.8) is 0 Å². The van der Waals surface area contributed by atoms with Crippen molar-refractivity contribution in [1.82, 2.24) is 4.98 Å². The highest BCUT2D eigenvalue weighted by Gasteiger charge is 2.25. The topological polar surface area (TPSA) is 73.7 Å². The van der Waals surface area contributed by atoms with Gasteiger partial charge in [0, 0.05) is 12.6 Å². The monoisotopic (exact) mass is 236 g/mol. The number of carboxylic acid groups (broad SMARTS) is 1. The van der Waals surface area contributed by atoms with E-state index in [2.05, 4.69) is 9.88 Å². The van der Waals surface area contributed by atoms with Gasteiger partial charge in [-0.25, -0.2) is 9.78 Å². The van der Waals surface area contributed by atoms with Gasteiger partial charge in [-0.05, 0) is 31.4 Å². The second-order valence-corrected chi connectivity index (χ2v) is 4.21. The number of rotatable bonds is 5. The third-order valence-electron chi connectivity index (χ3n) is 3.16. The van der Waals surface area contributed by atoms with Crippen molar-refractivity contribution >= 4 is 11.7 Å². The zero-order valence-corrected chi connectivity index (χ0v) is 9.54. The number of carboxylic acids is 1. The molecule has 1 aromatic heterocycles. The van der Waals surface area contributed by atoms with Crippen LogP contribution in [0, 0.1) is 0 Å². The van der Waals surface area contributed by atoms with E-state index in [-0.39, 0.29) is 12.3 Å². The van der Waals surface area contributed by atoms with E-state index in [1.54, 1.807) is 12.3 Å². The summed E-state index contributed by atoms with van der Waals surface area (Å²) in [7, 11) is 0. The van der Waals surface area contributed by atoms with Crippen LogP contribution in [-0.2, 0) is 0 Å². The number of anilines is 1. The van der Waals surface area contributed by atoms with Crippen LogP contribution in [0.3, 0.4) is 0 Å². The average Bonchev–Trinajstić information content (AvgIpc) is 2.26. The molecule has 0 radical (unpaired) electrons. The SMILES string of the molecule is O=C(O)c1ccc(N(CCO)C2CCC2)cn1. The normalized spacial score (nSPS) is 15.4. The Morgan fingerprint density at radius 1 is 1.47 bits per heavy atom. The van der Waals surface area contributed by atoms with E-state index < -0.39 is 5.97 Å². The smallest absolute Gasteiger partial charge is 0.354 e. The minimum Gasteiger partial charge on any atom is -0.477 e. The van der Waals surface area contributed by atoms with Crippen molar-refractivity contribution in [1.29, 1.82) is 0 Å². The zero-order chi connectivity index (χ0) is 12.3. The number of pyridine rings is 1. The van der Waals surface area contributed by atoms with Crippen LogP contribution in [0.1, 0.15) is 29.8 Å². The maximum absolute atomic E-state index is 10.7. The number of aromatic carboxylic acids is 1. The van der Waals surface area contributed by atoms with E-state index in [0.29, 0.717) is 12.6 Å². The molecule has 5 nitrogen and oxygen atoms in total. The molecule has 2 N–H and O–H groups in total. The highest BCUT2D eigenvalue weighted by Crippen LogP contribution is 2.28. The third kappa shape index (κ3) is 2.55. The first-order valence-electron chi connectivity index (χ1n) is 5.79. The molecule has 0 bridgehead atoms. The lowest BCUT2D eigenvalue weighted by Gasteiger charge is -2.38.